The van der Waals surface area contributed by atoms with Crippen LogP contribution in [0, 0.1) is 0 Å². The maximum atomic E-state index is 11.3. The van der Waals surface area contributed by atoms with Crippen molar-refractivity contribution in [1.82, 2.24) is 5.32 Å². The molecule has 1 N–H and O–H groups in total. The molecular weight excluding hydrogens is 286 g/mol. The number of rotatable bonds is 5. The number of hydrogen-bond acceptors (Lipinski definition) is 5. The Bertz CT molecular complexity index is 360. The summed E-state index contributed by atoms with van der Waals surface area (Å²) in [4.78, 5) is 0. The van der Waals surface area contributed by atoms with Crippen LogP contribution in [-0.2, 0) is 19.3 Å². The van der Waals surface area contributed by atoms with E-state index in [4.69, 9.17) is 33.3 Å². The summed E-state index contributed by atoms with van der Waals surface area (Å²) in [7, 11) is -3.05. The number of nitrogens with one attached hydrogen (secondary N) is 1. The first-order valence-corrected chi connectivity index (χ1v) is 7.96. The maximum Gasteiger partial charge on any atom is 0.257 e. The molecule has 1 rings (SSSR count). The number of alkyl halides is 1. The van der Waals surface area contributed by atoms with E-state index < -0.39 is 15.2 Å². The minimum atomic E-state index is -3.05. The Morgan fingerprint density at radius 1 is 1.47 bits per heavy atom. The highest BCUT2D eigenvalue weighted by atomic mass is 35.5. The number of sulfone groups is 1. The van der Waals surface area contributed by atoms with Crippen molar-refractivity contribution in [2.24, 2.45) is 0 Å². The van der Waals surface area contributed by atoms with E-state index in [0.29, 0.717) is 19.8 Å². The Hall–Kier alpha value is -0.110. The van der Waals surface area contributed by atoms with Crippen molar-refractivity contribution in [3.63, 3.8) is 0 Å². The van der Waals surface area contributed by atoms with E-state index >= 15 is 0 Å². The molecule has 0 bridgehead atoms. The summed E-state index contributed by atoms with van der Waals surface area (Å²) in [6.45, 7) is 3.30. The van der Waals surface area contributed by atoms with E-state index in [9.17, 15) is 8.42 Å². The fourth-order valence-corrected chi connectivity index (χ4v) is 4.25. The topological polar surface area (TPSA) is 64.6 Å². The molecule has 0 aromatic carbocycles. The average Bonchev–Trinajstić information content (AvgIpc) is 2.47. The highest BCUT2D eigenvalue weighted by Crippen LogP contribution is 2.17. The van der Waals surface area contributed by atoms with Crippen LogP contribution in [0.25, 0.3) is 0 Å². The van der Waals surface area contributed by atoms with E-state index in [1.54, 1.807) is 0 Å². The van der Waals surface area contributed by atoms with Gasteiger partial charge in [-0.1, -0.05) is 0 Å². The molecule has 0 aromatic heterocycles. The molecule has 100 valence electrons. The van der Waals surface area contributed by atoms with Gasteiger partial charge in [-0.05, 0) is 19.1 Å². The lowest BCUT2D eigenvalue weighted by Crippen LogP contribution is -2.41. The third-order valence-corrected chi connectivity index (χ3v) is 4.86. The van der Waals surface area contributed by atoms with Gasteiger partial charge in [0.2, 0.25) is 0 Å². The number of thiocarbonyl (C=S) groups is 1. The number of ether oxygens (including phenoxy) is 2. The van der Waals surface area contributed by atoms with Crippen molar-refractivity contribution in [3.8, 4) is 0 Å². The molecule has 17 heavy (non-hydrogen) atoms. The van der Waals surface area contributed by atoms with Gasteiger partial charge in [-0.2, -0.15) is 0 Å². The molecule has 0 aromatic rings. The van der Waals surface area contributed by atoms with Crippen LogP contribution >= 0.6 is 23.8 Å². The molecule has 1 aliphatic rings. The zero-order valence-electron chi connectivity index (χ0n) is 9.52. The van der Waals surface area contributed by atoms with Crippen LogP contribution < -0.4 is 5.32 Å². The molecule has 5 nitrogen and oxygen atoms in total. The first-order valence-electron chi connectivity index (χ1n) is 5.30. The first kappa shape index (κ1) is 14.9. The quantitative estimate of drug-likeness (QED) is 0.448. The van der Waals surface area contributed by atoms with Gasteiger partial charge in [0.25, 0.3) is 5.17 Å². The van der Waals surface area contributed by atoms with Crippen molar-refractivity contribution in [2.45, 2.75) is 18.3 Å². The van der Waals surface area contributed by atoms with Crippen molar-refractivity contribution in [1.29, 1.82) is 0 Å². The van der Waals surface area contributed by atoms with Crippen LogP contribution in [0.1, 0.15) is 6.92 Å². The summed E-state index contributed by atoms with van der Waals surface area (Å²) in [6, 6.07) is -0.374. The lowest BCUT2D eigenvalue weighted by Gasteiger charge is -2.16. The van der Waals surface area contributed by atoms with Gasteiger partial charge >= 0.3 is 0 Å². The third-order valence-electron chi connectivity index (χ3n) is 2.25. The average molecular weight is 302 g/mol. The maximum absolute atomic E-state index is 11.3. The third kappa shape index (κ3) is 5.37. The molecule has 0 radical (unpaired) electrons. The summed E-state index contributed by atoms with van der Waals surface area (Å²) >= 11 is 10.8. The highest BCUT2D eigenvalue weighted by Gasteiger charge is 2.36. The summed E-state index contributed by atoms with van der Waals surface area (Å²) < 4.78 is 32.8. The smallest absolute Gasteiger partial charge is 0.257 e. The molecular formula is C9H16ClNO4S2. The second-order valence-electron chi connectivity index (χ2n) is 3.68. The van der Waals surface area contributed by atoms with Crippen molar-refractivity contribution < 1.29 is 17.9 Å². The van der Waals surface area contributed by atoms with Gasteiger partial charge in [-0.3, -0.25) is 0 Å². The van der Waals surface area contributed by atoms with Gasteiger partial charge in [0.05, 0.1) is 29.5 Å². The minimum absolute atomic E-state index is 0.00384. The number of hydrogen-bond donors (Lipinski definition) is 1. The molecule has 0 unspecified atom stereocenters. The van der Waals surface area contributed by atoms with Crippen molar-refractivity contribution >= 4 is 38.8 Å². The predicted molar refractivity (Wildman–Crippen MR) is 70.3 cm³/mol. The lowest BCUT2D eigenvalue weighted by atomic mass is 10.3. The van der Waals surface area contributed by atoms with Crippen molar-refractivity contribution in [2.75, 3.05) is 31.3 Å². The van der Waals surface area contributed by atoms with Gasteiger partial charge in [-0.25, -0.2) is 8.42 Å². The molecule has 2 atom stereocenters. The van der Waals surface area contributed by atoms with Crippen LogP contribution in [0.15, 0.2) is 0 Å². The summed E-state index contributed by atoms with van der Waals surface area (Å²) in [6.07, 6.45) is 0. The SMILES string of the molecule is CCOCCOC(=S)N[C@H]1CS(=O)(=O)C[C@@H]1Cl. The summed E-state index contributed by atoms with van der Waals surface area (Å²) in [5.41, 5.74) is 0. The molecule has 0 aliphatic carbocycles. The highest BCUT2D eigenvalue weighted by molar-refractivity contribution is 7.91. The zero-order chi connectivity index (χ0) is 12.9. The molecule has 1 aliphatic heterocycles. The van der Waals surface area contributed by atoms with Gasteiger partial charge in [0.1, 0.15) is 6.61 Å². The van der Waals surface area contributed by atoms with E-state index in [2.05, 4.69) is 5.32 Å². The lowest BCUT2D eigenvalue weighted by molar-refractivity contribution is 0.105. The van der Waals surface area contributed by atoms with E-state index in [1.807, 2.05) is 6.92 Å². The van der Waals surface area contributed by atoms with Gasteiger partial charge in [0.15, 0.2) is 9.84 Å². The Kier molecular flexibility index (Phi) is 5.91. The Morgan fingerprint density at radius 2 is 2.18 bits per heavy atom. The fourth-order valence-electron chi connectivity index (χ4n) is 1.47. The largest absolute Gasteiger partial charge is 0.469 e. The molecule has 1 fully saturated rings. The molecule has 0 spiro atoms. The monoisotopic (exact) mass is 301 g/mol. The summed E-state index contributed by atoms with van der Waals surface area (Å²) in [5, 5.41) is 2.50. The van der Waals surface area contributed by atoms with Crippen LogP contribution in [0.4, 0.5) is 0 Å². The fraction of sp³-hybridized carbons (Fsp3) is 0.889. The molecule has 1 saturated heterocycles. The Balaban J connectivity index is 2.27. The zero-order valence-corrected chi connectivity index (χ0v) is 11.9. The Labute approximate surface area is 112 Å². The van der Waals surface area contributed by atoms with Crippen LogP contribution in [-0.4, -0.2) is 56.3 Å². The van der Waals surface area contributed by atoms with Gasteiger partial charge in [0, 0.05) is 6.61 Å². The number of halogens is 1. The Morgan fingerprint density at radius 3 is 2.71 bits per heavy atom. The molecule has 0 saturated carbocycles. The second-order valence-corrected chi connectivity index (χ2v) is 6.76. The predicted octanol–water partition coefficient (Wildman–Crippen LogP) is 0.318. The first-order chi connectivity index (χ1) is 7.94. The molecule has 0 amide bonds. The minimum Gasteiger partial charge on any atom is -0.469 e. The van der Waals surface area contributed by atoms with E-state index in [-0.39, 0.29) is 22.7 Å². The standard InChI is InChI=1S/C9H16ClNO4S2/c1-2-14-3-4-15-9(16)11-8-6-17(12,13)5-7(8)10/h7-8H,2-6H2,1H3,(H,11,16)/t7-,8-/m0/s1. The van der Waals surface area contributed by atoms with Crippen LogP contribution in [0.2, 0.25) is 0 Å². The van der Waals surface area contributed by atoms with Crippen LogP contribution in [0.3, 0.4) is 0 Å². The van der Waals surface area contributed by atoms with Crippen LogP contribution in [0.5, 0.6) is 0 Å². The second kappa shape index (κ2) is 6.72. The van der Waals surface area contributed by atoms with E-state index in [0.717, 1.165) is 0 Å². The summed E-state index contributed by atoms with van der Waals surface area (Å²) in [5.74, 6) is -0.0239. The normalized spacial score (nSPS) is 26.7. The van der Waals surface area contributed by atoms with Gasteiger partial charge < -0.3 is 14.8 Å². The molecule has 8 heteroatoms. The van der Waals surface area contributed by atoms with E-state index in [1.165, 1.54) is 0 Å². The van der Waals surface area contributed by atoms with Crippen molar-refractivity contribution in [3.05, 3.63) is 0 Å². The molecule has 1 heterocycles. The van der Waals surface area contributed by atoms with Gasteiger partial charge in [-0.15, -0.1) is 11.6 Å².